The molecule has 1 aliphatic carbocycles. The van der Waals surface area contributed by atoms with Crippen LogP contribution in [0, 0.1) is 11.8 Å². The van der Waals surface area contributed by atoms with E-state index >= 15 is 0 Å². The van der Waals surface area contributed by atoms with Gasteiger partial charge in [-0.15, -0.1) is 0 Å². The van der Waals surface area contributed by atoms with Gasteiger partial charge in [0.2, 0.25) is 5.91 Å². The zero-order valence-corrected chi connectivity index (χ0v) is 19.5. The van der Waals surface area contributed by atoms with E-state index in [-0.39, 0.29) is 17.5 Å². The Morgan fingerprint density at radius 3 is 2.61 bits per heavy atom. The van der Waals surface area contributed by atoms with Crippen LogP contribution in [0.1, 0.15) is 25.7 Å². The summed E-state index contributed by atoms with van der Waals surface area (Å²) in [6.07, 6.45) is 6.79. The van der Waals surface area contributed by atoms with Crippen molar-refractivity contribution >= 4 is 28.6 Å². The molecule has 0 unspecified atom stereocenters. The minimum atomic E-state index is -0.0493. The van der Waals surface area contributed by atoms with Crippen LogP contribution in [0.3, 0.4) is 0 Å². The van der Waals surface area contributed by atoms with Crippen molar-refractivity contribution in [3.05, 3.63) is 47.1 Å². The lowest BCUT2D eigenvalue weighted by Gasteiger charge is -2.28. The molecule has 0 radical (unpaired) electrons. The van der Waals surface area contributed by atoms with Crippen LogP contribution in [0.25, 0.3) is 11.2 Å². The van der Waals surface area contributed by atoms with Crippen LogP contribution in [-0.4, -0.2) is 52.3 Å². The summed E-state index contributed by atoms with van der Waals surface area (Å²) in [5.74, 6) is 1.22. The summed E-state index contributed by atoms with van der Waals surface area (Å²) in [5.41, 5.74) is 2.26. The molecule has 4 rings (SSSR count). The highest BCUT2D eigenvalue weighted by atomic mass is 16.5. The topological polar surface area (TPSA) is 94.3 Å². The number of likely N-dealkylation sites (N-methyl/N-ethyl adjacent to an activating group) is 1. The van der Waals surface area contributed by atoms with Crippen molar-refractivity contribution in [2.75, 3.05) is 37.5 Å². The number of ether oxygens (including phenoxy) is 1. The maximum Gasteiger partial charge on any atom is 0.330 e. The van der Waals surface area contributed by atoms with Gasteiger partial charge < -0.3 is 15.0 Å². The van der Waals surface area contributed by atoms with Crippen LogP contribution in [0.5, 0.6) is 0 Å². The van der Waals surface area contributed by atoms with Gasteiger partial charge in [-0.05, 0) is 55.9 Å². The number of methoxy groups -OCH3 is 1. The van der Waals surface area contributed by atoms with Gasteiger partial charge in [0.25, 0.3) is 0 Å². The number of amides is 1. The number of fused-ring (bicyclic) bond motifs is 1. The molecule has 1 saturated carbocycles. The summed E-state index contributed by atoms with van der Waals surface area (Å²) in [7, 11) is 5.44. The van der Waals surface area contributed by atoms with E-state index in [4.69, 9.17) is 9.72 Å². The van der Waals surface area contributed by atoms with E-state index in [1.165, 1.54) is 0 Å². The summed E-state index contributed by atoms with van der Waals surface area (Å²) in [6, 6.07) is 7.49. The third-order valence-electron chi connectivity index (χ3n) is 6.60. The van der Waals surface area contributed by atoms with Crippen molar-refractivity contribution in [3.8, 4) is 0 Å². The second-order valence-corrected chi connectivity index (χ2v) is 8.82. The lowest BCUT2D eigenvalue weighted by atomic mass is 9.81. The standard InChI is InChI=1S/C24H32N6O3/c1-28(14-15-33-3)21-9-8-20-22(27-21)30(24(32)29(20)2)16-17-4-6-18(7-5-17)23(31)26-19-10-12-25-13-11-19/h8-13,17-18H,4-7,14-16H2,1-3H3,(H,25,26,31). The lowest BCUT2D eigenvalue weighted by molar-refractivity contribution is -0.121. The molecule has 9 heteroatoms. The van der Waals surface area contributed by atoms with Gasteiger partial charge in [0.05, 0.1) is 12.1 Å². The van der Waals surface area contributed by atoms with Crippen LogP contribution in [-0.2, 0) is 23.1 Å². The van der Waals surface area contributed by atoms with Gasteiger partial charge in [-0.25, -0.2) is 9.78 Å². The van der Waals surface area contributed by atoms with Crippen molar-refractivity contribution in [1.82, 2.24) is 19.1 Å². The van der Waals surface area contributed by atoms with Crippen LogP contribution >= 0.6 is 0 Å². The molecule has 1 aliphatic rings. The van der Waals surface area contributed by atoms with E-state index in [1.807, 2.05) is 24.1 Å². The highest BCUT2D eigenvalue weighted by molar-refractivity contribution is 5.92. The molecule has 1 fully saturated rings. The molecule has 3 heterocycles. The second kappa shape index (κ2) is 10.2. The Hall–Kier alpha value is -3.20. The molecule has 9 nitrogen and oxygen atoms in total. The molecule has 0 saturated heterocycles. The average Bonchev–Trinajstić information content (AvgIpc) is 3.07. The third-order valence-corrected chi connectivity index (χ3v) is 6.60. The summed E-state index contributed by atoms with van der Waals surface area (Å²) < 4.78 is 8.63. The van der Waals surface area contributed by atoms with Crippen LogP contribution < -0.4 is 15.9 Å². The molecular weight excluding hydrogens is 420 g/mol. The number of anilines is 2. The fourth-order valence-electron chi connectivity index (χ4n) is 4.53. The Labute approximate surface area is 193 Å². The van der Waals surface area contributed by atoms with Gasteiger partial charge in [-0.2, -0.15) is 0 Å². The maximum absolute atomic E-state index is 13.0. The van der Waals surface area contributed by atoms with Crippen molar-refractivity contribution in [3.63, 3.8) is 0 Å². The Morgan fingerprint density at radius 2 is 1.91 bits per heavy atom. The third kappa shape index (κ3) is 5.08. The Morgan fingerprint density at radius 1 is 1.18 bits per heavy atom. The number of nitrogens with one attached hydrogen (secondary N) is 1. The number of nitrogens with zero attached hydrogens (tertiary/aromatic N) is 5. The molecular formula is C24H32N6O3. The maximum atomic E-state index is 13.0. The minimum Gasteiger partial charge on any atom is -0.383 e. The number of carbonyl (C=O) groups excluding carboxylic acids is 1. The summed E-state index contributed by atoms with van der Waals surface area (Å²) in [4.78, 5) is 36.4. The van der Waals surface area contributed by atoms with Gasteiger partial charge >= 0.3 is 5.69 Å². The second-order valence-electron chi connectivity index (χ2n) is 8.82. The average molecular weight is 453 g/mol. The molecule has 1 N–H and O–H groups in total. The molecule has 0 aromatic carbocycles. The number of aryl methyl sites for hydroxylation is 1. The van der Waals surface area contributed by atoms with Crippen molar-refractivity contribution in [2.24, 2.45) is 18.9 Å². The number of carbonyl (C=O) groups is 1. The first-order chi connectivity index (χ1) is 16.0. The van der Waals surface area contributed by atoms with E-state index in [0.717, 1.165) is 49.2 Å². The van der Waals surface area contributed by atoms with Crippen LogP contribution in [0.4, 0.5) is 11.5 Å². The molecule has 3 aromatic rings. The summed E-state index contributed by atoms with van der Waals surface area (Å²) in [5, 5.41) is 2.98. The fraction of sp³-hybridized carbons (Fsp3) is 0.500. The van der Waals surface area contributed by atoms with E-state index in [9.17, 15) is 9.59 Å². The zero-order chi connectivity index (χ0) is 23.4. The van der Waals surface area contributed by atoms with Crippen molar-refractivity contribution < 1.29 is 9.53 Å². The molecule has 0 bridgehead atoms. The number of aromatic nitrogens is 4. The van der Waals surface area contributed by atoms with Gasteiger partial charge in [-0.3, -0.25) is 18.9 Å². The molecule has 0 spiro atoms. The summed E-state index contributed by atoms with van der Waals surface area (Å²) >= 11 is 0. The highest BCUT2D eigenvalue weighted by Gasteiger charge is 2.28. The highest BCUT2D eigenvalue weighted by Crippen LogP contribution is 2.31. The van der Waals surface area contributed by atoms with E-state index in [2.05, 4.69) is 10.3 Å². The molecule has 0 atom stereocenters. The smallest absolute Gasteiger partial charge is 0.330 e. The predicted molar refractivity (Wildman–Crippen MR) is 128 cm³/mol. The molecule has 1 amide bonds. The van der Waals surface area contributed by atoms with Gasteiger partial charge in [0, 0.05) is 58.3 Å². The van der Waals surface area contributed by atoms with E-state index in [1.54, 1.807) is 47.8 Å². The Bertz CT molecular complexity index is 1150. The largest absolute Gasteiger partial charge is 0.383 e. The molecule has 176 valence electrons. The van der Waals surface area contributed by atoms with Crippen molar-refractivity contribution in [2.45, 2.75) is 32.2 Å². The van der Waals surface area contributed by atoms with Crippen LogP contribution in [0.15, 0.2) is 41.5 Å². The number of rotatable bonds is 8. The zero-order valence-electron chi connectivity index (χ0n) is 19.5. The van der Waals surface area contributed by atoms with Gasteiger partial charge in [0.1, 0.15) is 5.82 Å². The monoisotopic (exact) mass is 452 g/mol. The molecule has 33 heavy (non-hydrogen) atoms. The first-order valence-corrected chi connectivity index (χ1v) is 11.4. The molecule has 3 aromatic heterocycles. The predicted octanol–water partition coefficient (Wildman–Crippen LogP) is 2.66. The van der Waals surface area contributed by atoms with E-state index < -0.39 is 0 Å². The lowest BCUT2D eigenvalue weighted by Crippen LogP contribution is -2.31. The number of hydrogen-bond acceptors (Lipinski definition) is 6. The first kappa shape index (κ1) is 23.0. The summed E-state index contributed by atoms with van der Waals surface area (Å²) in [6.45, 7) is 1.94. The first-order valence-electron chi connectivity index (χ1n) is 11.4. The number of hydrogen-bond donors (Lipinski definition) is 1. The number of imidazole rings is 1. The normalized spacial score (nSPS) is 18.4. The SMILES string of the molecule is COCCN(C)c1ccc2c(n1)n(CC1CCC(C(=O)Nc3ccncc3)CC1)c(=O)n2C. The molecule has 0 aliphatic heterocycles. The quantitative estimate of drug-likeness (QED) is 0.565. The van der Waals surface area contributed by atoms with Crippen LogP contribution in [0.2, 0.25) is 0 Å². The fourth-order valence-corrected chi connectivity index (χ4v) is 4.53. The Balaban J connectivity index is 1.44. The Kier molecular flexibility index (Phi) is 7.08. The van der Waals surface area contributed by atoms with Gasteiger partial charge in [-0.1, -0.05) is 0 Å². The number of pyridine rings is 2. The van der Waals surface area contributed by atoms with Crippen molar-refractivity contribution in [1.29, 1.82) is 0 Å². The van der Waals surface area contributed by atoms with Gasteiger partial charge in [0.15, 0.2) is 5.65 Å². The minimum absolute atomic E-state index is 0.00202. The van der Waals surface area contributed by atoms with E-state index in [0.29, 0.717) is 24.7 Å².